The fourth-order valence-electron chi connectivity index (χ4n) is 2.23. The van der Waals surface area contributed by atoms with E-state index < -0.39 is 9.84 Å². The highest BCUT2D eigenvalue weighted by Gasteiger charge is 2.30. The zero-order chi connectivity index (χ0) is 11.5. The zero-order valence-electron chi connectivity index (χ0n) is 9.53. The number of hydrogen-bond acceptors (Lipinski definition) is 3. The quantitative estimate of drug-likeness (QED) is 0.726. The van der Waals surface area contributed by atoms with Gasteiger partial charge in [-0.3, -0.25) is 4.79 Å². The second-order valence-corrected chi connectivity index (χ2v) is 6.68. The van der Waals surface area contributed by atoms with Crippen molar-refractivity contribution in [3.8, 4) is 0 Å². The highest BCUT2D eigenvalue weighted by atomic mass is 32.2. The molecule has 0 amide bonds. The van der Waals surface area contributed by atoms with Gasteiger partial charge in [0.15, 0.2) is 9.84 Å². The van der Waals surface area contributed by atoms with Gasteiger partial charge in [0, 0.05) is 12.3 Å². The molecule has 1 aliphatic heterocycles. The number of carbonyl (C=O) groups is 1. The van der Waals surface area contributed by atoms with Crippen LogP contribution < -0.4 is 0 Å². The van der Waals surface area contributed by atoms with Crippen LogP contribution in [0.25, 0.3) is 0 Å². The van der Waals surface area contributed by atoms with E-state index in [4.69, 9.17) is 0 Å². The summed E-state index contributed by atoms with van der Waals surface area (Å²) in [6, 6.07) is 0. The Hall–Kier alpha value is -0.380. The van der Waals surface area contributed by atoms with Crippen LogP contribution in [0.4, 0.5) is 0 Å². The smallest absolute Gasteiger partial charge is 0.150 e. The molecule has 0 spiro atoms. The molecule has 0 aromatic carbocycles. The first kappa shape index (κ1) is 12.7. The van der Waals surface area contributed by atoms with E-state index in [1.807, 2.05) is 13.8 Å². The summed E-state index contributed by atoms with van der Waals surface area (Å²) in [5.41, 5.74) is 0. The van der Waals surface area contributed by atoms with E-state index in [9.17, 15) is 13.2 Å². The van der Waals surface area contributed by atoms with Crippen LogP contribution in [0.2, 0.25) is 0 Å². The highest BCUT2D eigenvalue weighted by Crippen LogP contribution is 2.24. The van der Waals surface area contributed by atoms with Crippen molar-refractivity contribution >= 4 is 15.6 Å². The molecule has 88 valence electrons. The van der Waals surface area contributed by atoms with Gasteiger partial charge in [0.25, 0.3) is 0 Å². The lowest BCUT2D eigenvalue weighted by Crippen LogP contribution is -2.17. The predicted molar refractivity (Wildman–Crippen MR) is 60.5 cm³/mol. The first-order chi connectivity index (χ1) is 6.98. The Labute approximate surface area is 92.2 Å². The number of ketones is 1. The largest absolute Gasteiger partial charge is 0.299 e. The Morgan fingerprint density at radius 1 is 1.33 bits per heavy atom. The van der Waals surface area contributed by atoms with Crippen molar-refractivity contribution in [2.75, 3.05) is 11.5 Å². The molecule has 1 atom stereocenters. The van der Waals surface area contributed by atoms with Gasteiger partial charge < -0.3 is 0 Å². The molecule has 1 heterocycles. The maximum absolute atomic E-state index is 11.8. The Morgan fingerprint density at radius 3 is 2.33 bits per heavy atom. The van der Waals surface area contributed by atoms with Crippen molar-refractivity contribution < 1.29 is 13.2 Å². The molecule has 1 fully saturated rings. The molecule has 0 N–H and O–H groups in total. The molecule has 1 rings (SSSR count). The molecule has 15 heavy (non-hydrogen) atoms. The van der Waals surface area contributed by atoms with Crippen LogP contribution in [-0.2, 0) is 14.6 Å². The summed E-state index contributed by atoms with van der Waals surface area (Å²) in [4.78, 5) is 11.8. The Morgan fingerprint density at radius 2 is 1.93 bits per heavy atom. The van der Waals surface area contributed by atoms with Gasteiger partial charge in [0.1, 0.15) is 5.78 Å². The van der Waals surface area contributed by atoms with Gasteiger partial charge in [-0.15, -0.1) is 0 Å². The van der Waals surface area contributed by atoms with Gasteiger partial charge in [-0.05, 0) is 25.2 Å². The van der Waals surface area contributed by atoms with Crippen molar-refractivity contribution in [3.05, 3.63) is 0 Å². The minimum Gasteiger partial charge on any atom is -0.299 e. The second-order valence-electron chi connectivity index (χ2n) is 4.45. The first-order valence-corrected chi connectivity index (χ1v) is 7.53. The normalized spacial score (nSPS) is 24.6. The standard InChI is InChI=1S/C11H20O3S/c1-3-10(4-2)11(12)7-9-5-6-15(13,14)8-9/h9-10H,3-8H2,1-2H3. The highest BCUT2D eigenvalue weighted by molar-refractivity contribution is 7.91. The van der Waals surface area contributed by atoms with Crippen LogP contribution in [0.15, 0.2) is 0 Å². The fraction of sp³-hybridized carbons (Fsp3) is 0.909. The Balaban J connectivity index is 2.46. The van der Waals surface area contributed by atoms with E-state index in [-0.39, 0.29) is 29.1 Å². The van der Waals surface area contributed by atoms with Gasteiger partial charge in [0.2, 0.25) is 0 Å². The minimum atomic E-state index is -2.83. The number of rotatable bonds is 5. The average Bonchev–Trinajstić information content (AvgIpc) is 2.47. The summed E-state index contributed by atoms with van der Waals surface area (Å²) in [5.74, 6) is 0.964. The van der Waals surface area contributed by atoms with Gasteiger partial charge in [-0.1, -0.05) is 13.8 Å². The molecule has 4 heteroatoms. The van der Waals surface area contributed by atoms with Gasteiger partial charge >= 0.3 is 0 Å². The Bertz CT molecular complexity index is 315. The number of sulfone groups is 1. The van der Waals surface area contributed by atoms with Crippen LogP contribution in [0, 0.1) is 11.8 Å². The number of hydrogen-bond donors (Lipinski definition) is 0. The van der Waals surface area contributed by atoms with Gasteiger partial charge in [-0.25, -0.2) is 8.42 Å². The lowest BCUT2D eigenvalue weighted by molar-refractivity contribution is -0.123. The van der Waals surface area contributed by atoms with Crippen LogP contribution in [0.1, 0.15) is 39.5 Å². The van der Waals surface area contributed by atoms with Crippen molar-refractivity contribution in [3.63, 3.8) is 0 Å². The van der Waals surface area contributed by atoms with E-state index in [2.05, 4.69) is 0 Å². The van der Waals surface area contributed by atoms with Crippen molar-refractivity contribution in [2.45, 2.75) is 39.5 Å². The molecule has 0 saturated carbocycles. The molecule has 0 aromatic rings. The monoisotopic (exact) mass is 232 g/mol. The summed E-state index contributed by atoms with van der Waals surface area (Å²) < 4.78 is 22.4. The number of Topliss-reactive ketones (excluding diaryl/α,β-unsaturated/α-hetero) is 1. The molecule has 0 aromatic heterocycles. The summed E-state index contributed by atoms with van der Waals surface area (Å²) in [7, 11) is -2.83. The van der Waals surface area contributed by atoms with E-state index >= 15 is 0 Å². The molecule has 1 unspecified atom stereocenters. The molecule has 1 aliphatic rings. The fourth-order valence-corrected chi connectivity index (χ4v) is 4.09. The predicted octanol–water partition coefficient (Wildman–Crippen LogP) is 1.82. The minimum absolute atomic E-state index is 0.0862. The summed E-state index contributed by atoms with van der Waals surface area (Å²) >= 11 is 0. The lowest BCUT2D eigenvalue weighted by atomic mass is 9.91. The van der Waals surface area contributed by atoms with Crippen LogP contribution in [-0.4, -0.2) is 25.7 Å². The molecule has 1 saturated heterocycles. The maximum Gasteiger partial charge on any atom is 0.150 e. The summed E-state index contributed by atoms with van der Waals surface area (Å²) in [6.45, 7) is 4.02. The van der Waals surface area contributed by atoms with Crippen molar-refractivity contribution in [1.29, 1.82) is 0 Å². The van der Waals surface area contributed by atoms with Crippen molar-refractivity contribution in [2.24, 2.45) is 11.8 Å². The van der Waals surface area contributed by atoms with Crippen molar-refractivity contribution in [1.82, 2.24) is 0 Å². The average molecular weight is 232 g/mol. The molecule has 0 radical (unpaired) electrons. The molecular weight excluding hydrogens is 212 g/mol. The van der Waals surface area contributed by atoms with Gasteiger partial charge in [0.05, 0.1) is 11.5 Å². The van der Waals surface area contributed by atoms with Gasteiger partial charge in [-0.2, -0.15) is 0 Å². The van der Waals surface area contributed by atoms with E-state index in [0.29, 0.717) is 12.8 Å². The third-order valence-electron chi connectivity index (χ3n) is 3.26. The SMILES string of the molecule is CCC(CC)C(=O)CC1CCS(=O)(=O)C1. The summed E-state index contributed by atoms with van der Waals surface area (Å²) in [5, 5.41) is 0. The molecular formula is C11H20O3S. The topological polar surface area (TPSA) is 51.2 Å². The van der Waals surface area contributed by atoms with Crippen LogP contribution >= 0.6 is 0 Å². The lowest BCUT2D eigenvalue weighted by Gasteiger charge is -2.13. The summed E-state index contributed by atoms with van der Waals surface area (Å²) in [6.07, 6.45) is 2.88. The molecule has 0 bridgehead atoms. The first-order valence-electron chi connectivity index (χ1n) is 5.71. The number of carbonyl (C=O) groups excluding carboxylic acids is 1. The van der Waals surface area contributed by atoms with E-state index in [1.54, 1.807) is 0 Å². The molecule has 0 aliphatic carbocycles. The van der Waals surface area contributed by atoms with Crippen LogP contribution in [0.3, 0.4) is 0 Å². The Kier molecular flexibility index (Phi) is 4.32. The van der Waals surface area contributed by atoms with E-state index in [1.165, 1.54) is 0 Å². The zero-order valence-corrected chi connectivity index (χ0v) is 10.3. The van der Waals surface area contributed by atoms with E-state index in [0.717, 1.165) is 12.8 Å². The third kappa shape index (κ3) is 3.59. The second kappa shape index (κ2) is 5.10. The third-order valence-corrected chi connectivity index (χ3v) is 5.09. The molecule has 3 nitrogen and oxygen atoms in total. The maximum atomic E-state index is 11.8. The van der Waals surface area contributed by atoms with Crippen LogP contribution in [0.5, 0.6) is 0 Å².